The van der Waals surface area contributed by atoms with Gasteiger partial charge in [-0.1, -0.05) is 60.7 Å². The molecule has 0 saturated carbocycles. The third-order valence-corrected chi connectivity index (χ3v) is 2.45. The number of carbonyl (C=O) groups is 1. The molecule has 0 spiro atoms. The third kappa shape index (κ3) is 2.82. The zero-order chi connectivity index (χ0) is 12.1. The highest BCUT2D eigenvalue weighted by Crippen LogP contribution is 2.10. The van der Waals surface area contributed by atoms with Crippen molar-refractivity contribution in [3.05, 3.63) is 77.9 Å². The van der Waals surface area contributed by atoms with E-state index in [2.05, 4.69) is 0 Å². The molecule has 2 heteroatoms. The van der Waals surface area contributed by atoms with Crippen LogP contribution in [0.3, 0.4) is 0 Å². The SMILES string of the molecule is N/C(=C/C(=O)c1ccccc1)c1ccccc1. The molecule has 2 nitrogen and oxygen atoms in total. The highest BCUT2D eigenvalue weighted by molar-refractivity contribution is 6.08. The van der Waals surface area contributed by atoms with E-state index in [1.807, 2.05) is 48.5 Å². The molecule has 0 aliphatic rings. The summed E-state index contributed by atoms with van der Waals surface area (Å²) in [5.74, 6) is -0.0769. The quantitative estimate of drug-likeness (QED) is 0.642. The first kappa shape index (κ1) is 11.1. The van der Waals surface area contributed by atoms with Crippen molar-refractivity contribution in [2.45, 2.75) is 0 Å². The van der Waals surface area contributed by atoms with Crippen LogP contribution in [0.4, 0.5) is 0 Å². The Kier molecular flexibility index (Phi) is 3.36. The molecule has 2 N–H and O–H groups in total. The summed E-state index contributed by atoms with van der Waals surface area (Å²) in [5.41, 5.74) is 7.86. The maximum Gasteiger partial charge on any atom is 0.187 e. The lowest BCUT2D eigenvalue weighted by Crippen LogP contribution is -2.02. The third-order valence-electron chi connectivity index (χ3n) is 2.45. The van der Waals surface area contributed by atoms with Gasteiger partial charge in [0.15, 0.2) is 5.78 Å². The van der Waals surface area contributed by atoms with Crippen molar-refractivity contribution in [1.29, 1.82) is 0 Å². The Balaban J connectivity index is 2.24. The van der Waals surface area contributed by atoms with Gasteiger partial charge in [-0.15, -0.1) is 0 Å². The fourth-order valence-corrected chi connectivity index (χ4v) is 1.54. The molecule has 0 atom stereocenters. The van der Waals surface area contributed by atoms with Gasteiger partial charge in [0.2, 0.25) is 0 Å². The molecule has 0 aromatic heterocycles. The Morgan fingerprint density at radius 1 is 0.824 bits per heavy atom. The van der Waals surface area contributed by atoms with Crippen molar-refractivity contribution in [2.24, 2.45) is 5.73 Å². The van der Waals surface area contributed by atoms with Gasteiger partial charge in [0.05, 0.1) is 0 Å². The van der Waals surface area contributed by atoms with Crippen LogP contribution in [0.25, 0.3) is 5.70 Å². The molecule has 0 saturated heterocycles. The number of allylic oxidation sites excluding steroid dienone is 1. The number of rotatable bonds is 3. The smallest absolute Gasteiger partial charge is 0.187 e. The van der Waals surface area contributed by atoms with E-state index in [4.69, 9.17) is 5.73 Å². The van der Waals surface area contributed by atoms with Crippen LogP contribution in [0.2, 0.25) is 0 Å². The lowest BCUT2D eigenvalue weighted by molar-refractivity contribution is 0.104. The second-order valence-corrected chi connectivity index (χ2v) is 3.70. The molecule has 0 aliphatic heterocycles. The van der Waals surface area contributed by atoms with Crippen molar-refractivity contribution in [3.63, 3.8) is 0 Å². The fourth-order valence-electron chi connectivity index (χ4n) is 1.54. The van der Waals surface area contributed by atoms with E-state index in [0.29, 0.717) is 11.3 Å². The van der Waals surface area contributed by atoms with Gasteiger partial charge < -0.3 is 5.73 Å². The molecule has 0 unspecified atom stereocenters. The molecule has 0 heterocycles. The van der Waals surface area contributed by atoms with Gasteiger partial charge in [0, 0.05) is 17.3 Å². The summed E-state index contributed by atoms with van der Waals surface area (Å²) < 4.78 is 0. The fraction of sp³-hybridized carbons (Fsp3) is 0. The molecule has 0 amide bonds. The first-order valence-corrected chi connectivity index (χ1v) is 5.39. The van der Waals surface area contributed by atoms with E-state index in [9.17, 15) is 4.79 Å². The average molecular weight is 223 g/mol. The van der Waals surface area contributed by atoms with Gasteiger partial charge >= 0.3 is 0 Å². The van der Waals surface area contributed by atoms with E-state index in [1.54, 1.807) is 12.1 Å². The molecule has 2 aromatic rings. The number of hydrogen-bond donors (Lipinski definition) is 1. The van der Waals surface area contributed by atoms with Crippen molar-refractivity contribution in [3.8, 4) is 0 Å². The van der Waals surface area contributed by atoms with Crippen LogP contribution < -0.4 is 5.73 Å². The van der Waals surface area contributed by atoms with Gasteiger partial charge in [-0.05, 0) is 5.56 Å². The summed E-state index contributed by atoms with van der Waals surface area (Å²) in [6, 6.07) is 18.5. The highest BCUT2D eigenvalue weighted by Gasteiger charge is 2.03. The van der Waals surface area contributed by atoms with Gasteiger partial charge in [0.25, 0.3) is 0 Å². The summed E-state index contributed by atoms with van der Waals surface area (Å²) in [6.07, 6.45) is 1.46. The summed E-state index contributed by atoms with van der Waals surface area (Å²) in [7, 11) is 0. The zero-order valence-corrected chi connectivity index (χ0v) is 9.34. The number of hydrogen-bond acceptors (Lipinski definition) is 2. The Morgan fingerprint density at radius 3 is 1.82 bits per heavy atom. The van der Waals surface area contributed by atoms with Crippen LogP contribution in [0.15, 0.2) is 66.7 Å². The Morgan fingerprint density at radius 2 is 1.29 bits per heavy atom. The van der Waals surface area contributed by atoms with Crippen molar-refractivity contribution >= 4 is 11.5 Å². The first-order valence-electron chi connectivity index (χ1n) is 5.39. The average Bonchev–Trinajstić information content (AvgIpc) is 2.40. The molecule has 84 valence electrons. The van der Waals surface area contributed by atoms with E-state index < -0.39 is 0 Å². The summed E-state index contributed by atoms with van der Waals surface area (Å²) >= 11 is 0. The van der Waals surface area contributed by atoms with Crippen LogP contribution >= 0.6 is 0 Å². The monoisotopic (exact) mass is 223 g/mol. The van der Waals surface area contributed by atoms with E-state index >= 15 is 0 Å². The van der Waals surface area contributed by atoms with Crippen LogP contribution in [0, 0.1) is 0 Å². The molecule has 0 fully saturated rings. The Bertz CT molecular complexity index is 529. The summed E-state index contributed by atoms with van der Waals surface area (Å²) in [6.45, 7) is 0. The minimum Gasteiger partial charge on any atom is -0.398 e. The highest BCUT2D eigenvalue weighted by atomic mass is 16.1. The molecule has 17 heavy (non-hydrogen) atoms. The zero-order valence-electron chi connectivity index (χ0n) is 9.34. The van der Waals surface area contributed by atoms with Crippen molar-refractivity contribution in [2.75, 3.05) is 0 Å². The van der Waals surface area contributed by atoms with Crippen LogP contribution in [-0.2, 0) is 0 Å². The number of ketones is 1. The Labute approximate surface area is 100 Å². The number of carbonyl (C=O) groups excluding carboxylic acids is 1. The predicted octanol–water partition coefficient (Wildman–Crippen LogP) is 2.87. The minimum atomic E-state index is -0.0769. The topological polar surface area (TPSA) is 43.1 Å². The predicted molar refractivity (Wildman–Crippen MR) is 69.4 cm³/mol. The summed E-state index contributed by atoms with van der Waals surface area (Å²) in [4.78, 5) is 11.9. The van der Waals surface area contributed by atoms with Gasteiger partial charge in [-0.3, -0.25) is 4.79 Å². The lowest BCUT2D eigenvalue weighted by Gasteiger charge is -2.01. The second kappa shape index (κ2) is 5.12. The summed E-state index contributed by atoms with van der Waals surface area (Å²) in [5, 5.41) is 0. The maximum absolute atomic E-state index is 11.9. The standard InChI is InChI=1S/C15H13NO/c16-14(12-7-3-1-4-8-12)11-15(17)13-9-5-2-6-10-13/h1-11H,16H2/b14-11+. The molecule has 0 aliphatic carbocycles. The normalized spacial score (nSPS) is 11.2. The van der Waals surface area contributed by atoms with E-state index in [0.717, 1.165) is 5.56 Å². The molecule has 2 rings (SSSR count). The largest absolute Gasteiger partial charge is 0.398 e. The molecule has 0 radical (unpaired) electrons. The van der Waals surface area contributed by atoms with Crippen LogP contribution in [0.1, 0.15) is 15.9 Å². The van der Waals surface area contributed by atoms with Crippen LogP contribution in [-0.4, -0.2) is 5.78 Å². The van der Waals surface area contributed by atoms with E-state index in [1.165, 1.54) is 6.08 Å². The lowest BCUT2D eigenvalue weighted by atomic mass is 10.1. The number of nitrogens with two attached hydrogens (primary N) is 1. The molecule has 0 bridgehead atoms. The van der Waals surface area contributed by atoms with Gasteiger partial charge in [-0.2, -0.15) is 0 Å². The second-order valence-electron chi connectivity index (χ2n) is 3.70. The first-order chi connectivity index (χ1) is 8.27. The van der Waals surface area contributed by atoms with Gasteiger partial charge in [0.1, 0.15) is 0 Å². The Hall–Kier alpha value is -2.35. The number of benzene rings is 2. The van der Waals surface area contributed by atoms with Gasteiger partial charge in [-0.25, -0.2) is 0 Å². The van der Waals surface area contributed by atoms with E-state index in [-0.39, 0.29) is 5.78 Å². The van der Waals surface area contributed by atoms with Crippen molar-refractivity contribution in [1.82, 2.24) is 0 Å². The molecule has 2 aromatic carbocycles. The maximum atomic E-state index is 11.9. The molecular weight excluding hydrogens is 210 g/mol. The minimum absolute atomic E-state index is 0.0769. The van der Waals surface area contributed by atoms with Crippen molar-refractivity contribution < 1.29 is 4.79 Å². The van der Waals surface area contributed by atoms with Crippen LogP contribution in [0.5, 0.6) is 0 Å². The molecular formula is C15H13NO.